The fourth-order valence-corrected chi connectivity index (χ4v) is 3.10. The van der Waals surface area contributed by atoms with Gasteiger partial charge in [-0.15, -0.1) is 0 Å². The first-order valence-corrected chi connectivity index (χ1v) is 7.95. The Morgan fingerprint density at radius 3 is 2.38 bits per heavy atom. The normalized spacial score (nSPS) is 19.8. The van der Waals surface area contributed by atoms with Crippen LogP contribution in [0.4, 0.5) is 0 Å². The van der Waals surface area contributed by atoms with E-state index in [9.17, 15) is 4.79 Å². The van der Waals surface area contributed by atoms with Crippen molar-refractivity contribution < 1.29 is 14.3 Å². The quantitative estimate of drug-likeness (QED) is 0.845. The number of methoxy groups -OCH3 is 2. The van der Waals surface area contributed by atoms with E-state index in [-0.39, 0.29) is 11.9 Å². The van der Waals surface area contributed by atoms with Crippen LogP contribution in [0.5, 0.6) is 11.5 Å². The molecule has 6 heteroatoms. The summed E-state index contributed by atoms with van der Waals surface area (Å²) < 4.78 is 10.6. The van der Waals surface area contributed by atoms with Gasteiger partial charge in [0.25, 0.3) is 0 Å². The summed E-state index contributed by atoms with van der Waals surface area (Å²) in [6.45, 7) is 0.459. The number of rotatable bonds is 5. The molecule has 0 saturated carbocycles. The first-order valence-electron chi connectivity index (χ1n) is 7.57. The molecule has 0 radical (unpaired) electrons. The van der Waals surface area contributed by atoms with E-state index in [0.29, 0.717) is 23.1 Å². The summed E-state index contributed by atoms with van der Waals surface area (Å²) in [5.41, 5.74) is 7.94. The molecule has 2 aromatic carbocycles. The predicted octanol–water partition coefficient (Wildman–Crippen LogP) is 2.77. The van der Waals surface area contributed by atoms with Crippen molar-refractivity contribution in [2.45, 2.75) is 18.6 Å². The fraction of sp³-hybridized carbons (Fsp3) is 0.278. The van der Waals surface area contributed by atoms with Gasteiger partial charge < -0.3 is 20.1 Å². The molecule has 1 saturated heterocycles. The molecule has 5 nitrogen and oxygen atoms in total. The zero-order valence-corrected chi connectivity index (χ0v) is 14.3. The summed E-state index contributed by atoms with van der Waals surface area (Å²) in [6.07, 6.45) is 0. The van der Waals surface area contributed by atoms with Crippen LogP contribution in [-0.2, 0) is 11.3 Å². The second-order valence-electron chi connectivity index (χ2n) is 5.68. The maximum absolute atomic E-state index is 12.2. The molecule has 2 atom stereocenters. The van der Waals surface area contributed by atoms with E-state index in [1.165, 1.54) is 0 Å². The van der Waals surface area contributed by atoms with Gasteiger partial charge in [0.05, 0.1) is 20.3 Å². The molecule has 0 unspecified atom stereocenters. The number of ether oxygens (including phenoxy) is 2. The molecule has 1 aliphatic rings. The first-order chi connectivity index (χ1) is 11.5. The Balaban J connectivity index is 1.83. The number of benzene rings is 2. The summed E-state index contributed by atoms with van der Waals surface area (Å²) in [4.78, 5) is 14.0. The highest BCUT2D eigenvalue weighted by atomic mass is 35.5. The Labute approximate surface area is 145 Å². The van der Waals surface area contributed by atoms with Gasteiger partial charge in [0.2, 0.25) is 5.91 Å². The number of carbonyl (C=O) groups excluding carboxylic acids is 1. The second kappa shape index (κ2) is 6.71. The SMILES string of the molecule is COc1ccc(CN2C(=O)[C@H](N)[C@@H]2c2ccc(Cl)cc2)cc1OC. The van der Waals surface area contributed by atoms with Crippen LogP contribution < -0.4 is 15.2 Å². The number of β-lactam (4-membered cyclic amide) rings is 1. The van der Waals surface area contributed by atoms with Crippen LogP contribution >= 0.6 is 11.6 Å². The third kappa shape index (κ3) is 2.92. The highest BCUT2D eigenvalue weighted by molar-refractivity contribution is 6.30. The minimum absolute atomic E-state index is 0.0651. The lowest BCUT2D eigenvalue weighted by atomic mass is 9.88. The Hall–Kier alpha value is -2.24. The van der Waals surface area contributed by atoms with E-state index < -0.39 is 6.04 Å². The Morgan fingerprint density at radius 2 is 1.75 bits per heavy atom. The monoisotopic (exact) mass is 346 g/mol. The molecule has 24 heavy (non-hydrogen) atoms. The number of halogens is 1. The number of hydrogen-bond donors (Lipinski definition) is 1. The molecule has 0 bridgehead atoms. The van der Waals surface area contributed by atoms with Gasteiger partial charge in [-0.1, -0.05) is 29.8 Å². The van der Waals surface area contributed by atoms with Crippen molar-refractivity contribution in [2.24, 2.45) is 5.73 Å². The Kier molecular flexibility index (Phi) is 4.64. The number of nitrogens with two attached hydrogens (primary N) is 1. The lowest BCUT2D eigenvalue weighted by molar-refractivity contribution is -0.150. The highest BCUT2D eigenvalue weighted by Crippen LogP contribution is 2.36. The molecule has 126 valence electrons. The molecule has 0 aromatic heterocycles. The molecular weight excluding hydrogens is 328 g/mol. The number of carbonyl (C=O) groups is 1. The van der Waals surface area contributed by atoms with Crippen LogP contribution in [0, 0.1) is 0 Å². The van der Waals surface area contributed by atoms with Crippen LogP contribution in [-0.4, -0.2) is 31.1 Å². The highest BCUT2D eigenvalue weighted by Gasteiger charge is 2.45. The van der Waals surface area contributed by atoms with Gasteiger partial charge in [-0.25, -0.2) is 0 Å². The van der Waals surface area contributed by atoms with Gasteiger partial charge in [-0.3, -0.25) is 4.79 Å². The molecule has 1 fully saturated rings. The maximum Gasteiger partial charge on any atom is 0.242 e. The Bertz CT molecular complexity index is 748. The number of hydrogen-bond acceptors (Lipinski definition) is 4. The molecular formula is C18H19ClN2O3. The standard InChI is InChI=1S/C18H19ClN2O3/c1-23-14-8-3-11(9-15(14)24-2)10-21-17(16(20)18(21)22)12-4-6-13(19)7-5-12/h3-9,16-17H,10,20H2,1-2H3/t16-,17+/m1/s1. The average molecular weight is 347 g/mol. The van der Waals surface area contributed by atoms with Crippen LogP contribution in [0.25, 0.3) is 0 Å². The number of likely N-dealkylation sites (tertiary alicyclic amines) is 1. The third-order valence-corrected chi connectivity index (χ3v) is 4.51. The number of amides is 1. The molecule has 2 aromatic rings. The maximum atomic E-state index is 12.2. The minimum atomic E-state index is -0.522. The van der Waals surface area contributed by atoms with Gasteiger partial charge in [0.1, 0.15) is 6.04 Å². The smallest absolute Gasteiger partial charge is 0.242 e. The molecule has 0 spiro atoms. The van der Waals surface area contributed by atoms with Crippen molar-refractivity contribution in [2.75, 3.05) is 14.2 Å². The van der Waals surface area contributed by atoms with Crippen molar-refractivity contribution >= 4 is 17.5 Å². The van der Waals surface area contributed by atoms with E-state index >= 15 is 0 Å². The van der Waals surface area contributed by atoms with E-state index in [2.05, 4.69) is 0 Å². The van der Waals surface area contributed by atoms with Gasteiger partial charge in [0, 0.05) is 11.6 Å². The first kappa shape index (κ1) is 16.6. The third-order valence-electron chi connectivity index (χ3n) is 4.26. The topological polar surface area (TPSA) is 64.8 Å². The molecule has 1 heterocycles. The van der Waals surface area contributed by atoms with E-state index in [0.717, 1.165) is 11.1 Å². The van der Waals surface area contributed by atoms with E-state index in [4.69, 9.17) is 26.8 Å². The van der Waals surface area contributed by atoms with E-state index in [1.54, 1.807) is 31.3 Å². The van der Waals surface area contributed by atoms with Crippen molar-refractivity contribution in [1.29, 1.82) is 0 Å². The average Bonchev–Trinajstić information content (AvgIpc) is 2.62. The van der Waals surface area contributed by atoms with Gasteiger partial charge in [-0.05, 0) is 35.4 Å². The lowest BCUT2D eigenvalue weighted by Gasteiger charge is -2.45. The Morgan fingerprint density at radius 1 is 1.08 bits per heavy atom. The minimum Gasteiger partial charge on any atom is -0.493 e. The second-order valence-corrected chi connectivity index (χ2v) is 6.11. The zero-order valence-electron chi connectivity index (χ0n) is 13.5. The molecule has 0 aliphatic carbocycles. The van der Waals surface area contributed by atoms with Crippen LogP contribution in [0.15, 0.2) is 42.5 Å². The molecule has 1 aliphatic heterocycles. The van der Waals surface area contributed by atoms with Crippen LogP contribution in [0.1, 0.15) is 17.2 Å². The summed E-state index contributed by atoms with van der Waals surface area (Å²) in [5.74, 6) is 1.22. The van der Waals surface area contributed by atoms with Crippen molar-refractivity contribution in [3.05, 3.63) is 58.6 Å². The van der Waals surface area contributed by atoms with Crippen LogP contribution in [0.2, 0.25) is 5.02 Å². The summed E-state index contributed by atoms with van der Waals surface area (Å²) in [6, 6.07) is 12.4. The molecule has 1 amide bonds. The van der Waals surface area contributed by atoms with Gasteiger partial charge in [-0.2, -0.15) is 0 Å². The zero-order chi connectivity index (χ0) is 17.3. The van der Waals surface area contributed by atoms with Gasteiger partial charge in [0.15, 0.2) is 11.5 Å². The molecule has 2 N–H and O–H groups in total. The largest absolute Gasteiger partial charge is 0.493 e. The summed E-state index contributed by atoms with van der Waals surface area (Å²) >= 11 is 5.93. The lowest BCUT2D eigenvalue weighted by Crippen LogP contribution is -2.62. The number of nitrogens with zero attached hydrogens (tertiary/aromatic N) is 1. The summed E-state index contributed by atoms with van der Waals surface area (Å²) in [5, 5.41) is 0.657. The van der Waals surface area contributed by atoms with Crippen molar-refractivity contribution in [3.63, 3.8) is 0 Å². The van der Waals surface area contributed by atoms with Crippen molar-refractivity contribution in [1.82, 2.24) is 4.90 Å². The van der Waals surface area contributed by atoms with Crippen LogP contribution in [0.3, 0.4) is 0 Å². The predicted molar refractivity (Wildman–Crippen MR) is 92.3 cm³/mol. The van der Waals surface area contributed by atoms with Gasteiger partial charge >= 0.3 is 0 Å². The summed E-state index contributed by atoms with van der Waals surface area (Å²) in [7, 11) is 3.18. The van der Waals surface area contributed by atoms with E-state index in [1.807, 2.05) is 30.3 Å². The van der Waals surface area contributed by atoms with Crippen molar-refractivity contribution in [3.8, 4) is 11.5 Å². The molecule has 3 rings (SSSR count). The fourth-order valence-electron chi connectivity index (χ4n) is 2.97.